The van der Waals surface area contributed by atoms with Crippen LogP contribution in [-0.4, -0.2) is 5.39 Å². The molecule has 7 heavy (non-hydrogen) atoms. The second-order valence-electron chi connectivity index (χ2n) is 0.731. The smallest absolute Gasteiger partial charge is 0.00853 e. The minimum absolute atomic E-state index is 1.57. The fourth-order valence-corrected chi connectivity index (χ4v) is 0.196. The van der Waals surface area contributed by atoms with Crippen LogP contribution in [0.4, 0.5) is 0 Å². The van der Waals surface area contributed by atoms with Gasteiger partial charge < -0.3 is 4.42 Å². The Labute approximate surface area is 50.9 Å². The van der Waals surface area contributed by atoms with E-state index in [1.165, 1.54) is 0 Å². The van der Waals surface area contributed by atoms with Gasteiger partial charge in [-0.25, -0.2) is 0 Å². The Hall–Kier alpha value is -0.318. The first kappa shape index (κ1) is 6.68. The summed E-state index contributed by atoms with van der Waals surface area (Å²) in [6.45, 7) is 0. The van der Waals surface area contributed by atoms with Gasteiger partial charge in [0.1, 0.15) is 0 Å². The average molecular weight is 133 g/mol. The van der Waals surface area contributed by atoms with Gasteiger partial charge in [0, 0.05) is 0 Å². The van der Waals surface area contributed by atoms with E-state index in [2.05, 4.69) is 31.9 Å². The predicted octanol–water partition coefficient (Wildman–Crippen LogP) is 1.04. The van der Waals surface area contributed by atoms with Crippen molar-refractivity contribution in [3.8, 4) is 0 Å². The van der Waals surface area contributed by atoms with Crippen molar-refractivity contribution in [1.82, 2.24) is 0 Å². The minimum atomic E-state index is 1.57. The number of hydrogen-bond acceptors (Lipinski definition) is 1. The molecule has 0 radical (unpaired) electrons. The van der Waals surface area contributed by atoms with E-state index in [0.717, 1.165) is 0 Å². The summed E-state index contributed by atoms with van der Waals surface area (Å²) < 4.78 is 4.46. The molecule has 0 aliphatic carbocycles. The molecular formula is C5H5CrO-. The van der Waals surface area contributed by atoms with E-state index in [4.69, 9.17) is 0 Å². The second-order valence-corrected chi connectivity index (χ2v) is 0.731. The Morgan fingerprint density at radius 3 is 2.43 bits per heavy atom. The van der Waals surface area contributed by atoms with E-state index in [-0.39, 0.29) is 0 Å². The molecule has 1 nitrogen and oxygen atoms in total. The van der Waals surface area contributed by atoms with Crippen molar-refractivity contribution in [2.75, 3.05) is 0 Å². The molecule has 1 aromatic rings. The maximum Gasteiger partial charge on any atom is -0.00853 e. The molecular weight excluding hydrogens is 128 g/mol. The van der Waals surface area contributed by atoms with Crippen molar-refractivity contribution >= 4 is 5.39 Å². The molecule has 0 bridgehead atoms. The normalized spacial score (nSPS) is 6.29. The van der Waals surface area contributed by atoms with Gasteiger partial charge in [-0.2, -0.15) is 6.07 Å². The van der Waals surface area contributed by atoms with Gasteiger partial charge in [0.25, 0.3) is 0 Å². The van der Waals surface area contributed by atoms with Crippen molar-refractivity contribution in [1.29, 1.82) is 0 Å². The third-order valence-electron chi connectivity index (χ3n) is 0.379. The molecule has 0 aromatic carbocycles. The van der Waals surface area contributed by atoms with Crippen LogP contribution in [-0.2, 0) is 15.9 Å². The van der Waals surface area contributed by atoms with Crippen LogP contribution in [0.2, 0.25) is 0 Å². The van der Waals surface area contributed by atoms with E-state index in [9.17, 15) is 0 Å². The molecule has 2 heteroatoms. The van der Waals surface area contributed by atoms with Crippen LogP contribution in [0.15, 0.2) is 22.8 Å². The van der Waals surface area contributed by atoms with Crippen molar-refractivity contribution in [2.45, 2.75) is 0 Å². The van der Waals surface area contributed by atoms with Gasteiger partial charge in [-0.3, -0.25) is 0 Å². The number of rotatable bonds is 0. The van der Waals surface area contributed by atoms with Crippen molar-refractivity contribution < 1.29 is 20.3 Å². The summed E-state index contributed by atoms with van der Waals surface area (Å²) in [6.07, 6.45) is 4.06. The van der Waals surface area contributed by atoms with Gasteiger partial charge in [0.05, 0.1) is 0 Å². The van der Waals surface area contributed by atoms with Gasteiger partial charge in [-0.1, -0.05) is 6.26 Å². The van der Waals surface area contributed by atoms with Crippen LogP contribution < -0.4 is 0 Å². The van der Waals surface area contributed by atoms with Crippen LogP contribution in [0.25, 0.3) is 0 Å². The zero-order valence-electron chi connectivity index (χ0n) is 3.76. The van der Waals surface area contributed by atoms with Crippen molar-refractivity contribution in [2.24, 2.45) is 0 Å². The van der Waals surface area contributed by atoms with Crippen LogP contribution >= 0.6 is 0 Å². The summed E-state index contributed by atoms with van der Waals surface area (Å²) in [5.41, 5.74) is 0. The fourth-order valence-electron chi connectivity index (χ4n) is 0.196. The summed E-state index contributed by atoms with van der Waals surface area (Å²) in [7, 11) is 0. The standard InChI is InChI=1S/C4H3O.CH2.Cr/c1-2-4-5-3-1;;/h1-3H;1H2;/q-1;;. The summed E-state index contributed by atoms with van der Waals surface area (Å²) in [6, 6.07) is 3.49. The molecule has 0 aliphatic heterocycles. The third-order valence-corrected chi connectivity index (χ3v) is 0.379. The Kier molecular flexibility index (Phi) is 5.42. The van der Waals surface area contributed by atoms with E-state index < -0.39 is 0 Å². The van der Waals surface area contributed by atoms with Gasteiger partial charge in [0.2, 0.25) is 0 Å². The maximum atomic E-state index is 4.46. The molecule has 0 amide bonds. The van der Waals surface area contributed by atoms with Crippen LogP contribution in [0.3, 0.4) is 0 Å². The van der Waals surface area contributed by atoms with E-state index in [1.54, 1.807) is 18.4 Å². The molecule has 38 valence electrons. The third kappa shape index (κ3) is 3.51. The quantitative estimate of drug-likeness (QED) is 0.482. The zero-order valence-corrected chi connectivity index (χ0v) is 5.03. The van der Waals surface area contributed by atoms with Crippen LogP contribution in [0.1, 0.15) is 0 Å². The molecule has 0 fully saturated rings. The molecule has 0 spiro atoms. The van der Waals surface area contributed by atoms with Gasteiger partial charge in [0.15, 0.2) is 0 Å². The molecule has 0 N–H and O–H groups in total. The number of hydrogen-bond donors (Lipinski definition) is 0. The Bertz CT molecular complexity index is 75.0. The fraction of sp³-hybridized carbons (Fsp3) is 0. The molecule has 0 aliphatic rings. The van der Waals surface area contributed by atoms with Crippen LogP contribution in [0.5, 0.6) is 0 Å². The van der Waals surface area contributed by atoms with Crippen molar-refractivity contribution in [3.05, 3.63) is 24.7 Å². The molecule has 0 atom stereocenters. The monoisotopic (exact) mass is 133 g/mol. The van der Waals surface area contributed by atoms with E-state index in [1.807, 2.05) is 0 Å². The first-order valence-electron chi connectivity index (χ1n) is 1.68. The largest absolute Gasteiger partial charge is 0.599 e. The summed E-state index contributed by atoms with van der Waals surface area (Å²) >= 11 is 2.38. The Morgan fingerprint density at radius 2 is 2.29 bits per heavy atom. The summed E-state index contributed by atoms with van der Waals surface area (Å²) in [5, 5.41) is 3.12. The van der Waals surface area contributed by atoms with E-state index >= 15 is 0 Å². The van der Waals surface area contributed by atoms with Gasteiger partial charge in [-0.15, -0.1) is 6.07 Å². The van der Waals surface area contributed by atoms with E-state index in [0.29, 0.717) is 0 Å². The Balaban J connectivity index is 0.000000162. The molecule has 0 saturated carbocycles. The SMILES string of the molecule is [CH2]=[Cr].[c-]1ccco1. The molecule has 0 unspecified atom stereocenters. The maximum absolute atomic E-state index is 4.46. The van der Waals surface area contributed by atoms with Gasteiger partial charge in [-0.05, 0) is 6.26 Å². The zero-order chi connectivity index (χ0) is 5.54. The first-order chi connectivity index (χ1) is 3.50. The topological polar surface area (TPSA) is 13.1 Å². The number of furan rings is 1. The second kappa shape index (κ2) is 5.68. The van der Waals surface area contributed by atoms with Crippen molar-refractivity contribution in [3.63, 3.8) is 0 Å². The van der Waals surface area contributed by atoms with Crippen LogP contribution in [0, 0.1) is 6.26 Å². The molecule has 1 aromatic heterocycles. The first-order valence-corrected chi connectivity index (χ1v) is 2.59. The minimum Gasteiger partial charge on any atom is -0.599 e. The summed E-state index contributed by atoms with van der Waals surface area (Å²) in [4.78, 5) is 0. The average Bonchev–Trinajstić information content (AvgIpc) is 2.23. The molecule has 1 rings (SSSR count). The summed E-state index contributed by atoms with van der Waals surface area (Å²) in [5.74, 6) is 0. The molecule has 1 heterocycles. The molecule has 0 saturated heterocycles. The Morgan fingerprint density at radius 1 is 1.57 bits per heavy atom. The van der Waals surface area contributed by atoms with Gasteiger partial charge >= 0.3 is 21.2 Å². The predicted molar refractivity (Wildman–Crippen MR) is 24.7 cm³/mol.